The number of rotatable bonds is 7. The zero-order chi connectivity index (χ0) is 23.9. The third kappa shape index (κ3) is 4.28. The average Bonchev–Trinajstić information content (AvgIpc) is 3.39. The molecule has 0 aliphatic carbocycles. The van der Waals surface area contributed by atoms with Crippen molar-refractivity contribution < 1.29 is 33.4 Å². The summed E-state index contributed by atoms with van der Waals surface area (Å²) < 4.78 is 17.8. The Morgan fingerprint density at radius 1 is 1.12 bits per heavy atom. The number of hydrogen-bond donors (Lipinski definition) is 1. The summed E-state index contributed by atoms with van der Waals surface area (Å²) in [5.41, 5.74) is 1.96. The molecule has 2 aliphatic rings. The van der Waals surface area contributed by atoms with Crippen molar-refractivity contribution in [1.82, 2.24) is 14.8 Å². The molecule has 0 atom stereocenters. The minimum atomic E-state index is -1.08. The van der Waals surface area contributed by atoms with Gasteiger partial charge in [0.25, 0.3) is 5.91 Å². The molecule has 2 aliphatic heterocycles. The highest BCUT2D eigenvalue weighted by atomic mass is 16.7. The molecule has 1 N–H and O–H groups in total. The Hall–Kier alpha value is -3.82. The fourth-order valence-electron chi connectivity index (χ4n) is 3.91. The van der Waals surface area contributed by atoms with Crippen molar-refractivity contribution in [3.05, 3.63) is 46.8 Å². The number of Topliss-reactive ketones (excluding diaryl/α,β-unsaturated/α-hetero) is 1. The van der Waals surface area contributed by atoms with Gasteiger partial charge in [-0.25, -0.2) is 4.79 Å². The molecule has 0 radical (unpaired) electrons. The molecule has 1 aromatic carbocycles. The Kier molecular flexibility index (Phi) is 5.61. The number of hydrogen-bond acceptors (Lipinski definition) is 7. The summed E-state index contributed by atoms with van der Waals surface area (Å²) in [6, 6.07) is 6.77. The first-order chi connectivity index (χ1) is 15.6. The summed E-state index contributed by atoms with van der Waals surface area (Å²) in [4.78, 5) is 49.7. The Balaban J connectivity index is 1.38. The molecule has 174 valence electrons. The van der Waals surface area contributed by atoms with E-state index in [2.05, 4.69) is 5.32 Å². The van der Waals surface area contributed by atoms with E-state index in [-0.39, 0.29) is 12.6 Å². The number of ketones is 1. The molecule has 1 saturated heterocycles. The number of ether oxygens (including phenoxy) is 3. The fourth-order valence-corrected chi connectivity index (χ4v) is 3.91. The zero-order valence-electron chi connectivity index (χ0n) is 18.9. The van der Waals surface area contributed by atoms with E-state index in [4.69, 9.17) is 14.2 Å². The van der Waals surface area contributed by atoms with Crippen molar-refractivity contribution in [2.75, 3.05) is 19.9 Å². The lowest BCUT2D eigenvalue weighted by Gasteiger charge is -2.15. The van der Waals surface area contributed by atoms with Gasteiger partial charge in [-0.3, -0.25) is 19.3 Å². The Morgan fingerprint density at radius 3 is 2.55 bits per heavy atom. The van der Waals surface area contributed by atoms with Crippen LogP contribution in [0.3, 0.4) is 0 Å². The SMILES string of the molecule is Cc1cc(C(=O)COC(=O)CN2C(=O)NC(C)(C)C2=O)c(C)n1Cc1ccc2c(c1)OCO2. The van der Waals surface area contributed by atoms with Crippen LogP contribution in [0.4, 0.5) is 4.79 Å². The maximum absolute atomic E-state index is 12.7. The van der Waals surface area contributed by atoms with Gasteiger partial charge in [0.05, 0.1) is 0 Å². The number of fused-ring (bicyclic) bond motifs is 1. The first-order valence-electron chi connectivity index (χ1n) is 10.4. The summed E-state index contributed by atoms with van der Waals surface area (Å²) in [5.74, 6) is -0.340. The van der Waals surface area contributed by atoms with Crippen LogP contribution >= 0.6 is 0 Å². The van der Waals surface area contributed by atoms with Crippen molar-refractivity contribution >= 4 is 23.7 Å². The number of aromatic nitrogens is 1. The lowest BCUT2D eigenvalue weighted by atomic mass is 10.1. The van der Waals surface area contributed by atoms with Gasteiger partial charge < -0.3 is 24.1 Å². The van der Waals surface area contributed by atoms with Gasteiger partial charge in [0, 0.05) is 23.5 Å². The van der Waals surface area contributed by atoms with Crippen molar-refractivity contribution in [2.45, 2.75) is 39.8 Å². The van der Waals surface area contributed by atoms with E-state index in [0.717, 1.165) is 21.9 Å². The van der Waals surface area contributed by atoms with Crippen LogP contribution in [-0.2, 0) is 20.9 Å². The van der Waals surface area contributed by atoms with Crippen LogP contribution in [0.25, 0.3) is 0 Å². The lowest BCUT2D eigenvalue weighted by molar-refractivity contribution is -0.146. The topological polar surface area (TPSA) is 116 Å². The summed E-state index contributed by atoms with van der Waals surface area (Å²) in [5, 5.41) is 2.48. The summed E-state index contributed by atoms with van der Waals surface area (Å²) in [6.45, 7) is 6.50. The van der Waals surface area contributed by atoms with E-state index in [1.165, 1.54) is 0 Å². The molecule has 1 aromatic heterocycles. The molecule has 10 nitrogen and oxygen atoms in total. The van der Waals surface area contributed by atoms with E-state index >= 15 is 0 Å². The summed E-state index contributed by atoms with van der Waals surface area (Å²) in [6.07, 6.45) is 0. The minimum absolute atomic E-state index is 0.200. The minimum Gasteiger partial charge on any atom is -0.456 e. The van der Waals surface area contributed by atoms with Crippen LogP contribution in [-0.4, -0.2) is 58.6 Å². The van der Waals surface area contributed by atoms with Gasteiger partial charge in [0.1, 0.15) is 12.1 Å². The quantitative estimate of drug-likeness (QED) is 0.385. The zero-order valence-corrected chi connectivity index (χ0v) is 18.9. The van der Waals surface area contributed by atoms with Crippen LogP contribution in [0.2, 0.25) is 0 Å². The second kappa shape index (κ2) is 8.27. The summed E-state index contributed by atoms with van der Waals surface area (Å²) in [7, 11) is 0. The standard InChI is InChI=1S/C23H25N3O7/c1-13-7-16(14(2)25(13)9-15-5-6-18-19(8-15)33-12-32-18)17(27)11-31-20(28)10-26-21(29)23(3,4)24-22(26)30/h5-8H,9-12H2,1-4H3,(H,24,30). The number of esters is 1. The number of nitrogens with one attached hydrogen (secondary N) is 1. The molecule has 3 heterocycles. The number of nitrogens with zero attached hydrogens (tertiary/aromatic N) is 2. The molecule has 0 saturated carbocycles. The highest BCUT2D eigenvalue weighted by Gasteiger charge is 2.45. The molecule has 10 heteroatoms. The molecular weight excluding hydrogens is 430 g/mol. The van der Waals surface area contributed by atoms with E-state index in [1.54, 1.807) is 19.9 Å². The maximum Gasteiger partial charge on any atom is 0.326 e. The monoisotopic (exact) mass is 455 g/mol. The maximum atomic E-state index is 12.7. The highest BCUT2D eigenvalue weighted by Crippen LogP contribution is 2.33. The molecule has 1 fully saturated rings. The third-order valence-corrected chi connectivity index (χ3v) is 5.75. The van der Waals surface area contributed by atoms with Gasteiger partial charge in [0.15, 0.2) is 18.1 Å². The summed E-state index contributed by atoms with van der Waals surface area (Å²) >= 11 is 0. The fraction of sp³-hybridized carbons (Fsp3) is 0.391. The number of carbonyl (C=O) groups excluding carboxylic acids is 4. The molecule has 3 amide bonds. The normalized spacial score (nSPS) is 16.2. The average molecular weight is 455 g/mol. The first-order valence-corrected chi connectivity index (χ1v) is 10.4. The Bertz CT molecular complexity index is 1170. The predicted octanol–water partition coefficient (Wildman–Crippen LogP) is 1.94. The molecule has 2 aromatic rings. The molecule has 0 spiro atoms. The Morgan fingerprint density at radius 2 is 1.85 bits per heavy atom. The van der Waals surface area contributed by atoms with Gasteiger partial charge in [-0.15, -0.1) is 0 Å². The van der Waals surface area contributed by atoms with Crippen molar-refractivity contribution in [2.24, 2.45) is 0 Å². The number of benzene rings is 1. The largest absolute Gasteiger partial charge is 0.456 e. The molecular formula is C23H25N3O7. The second-order valence-electron chi connectivity index (χ2n) is 8.59. The molecule has 33 heavy (non-hydrogen) atoms. The van der Waals surface area contributed by atoms with Crippen LogP contribution in [0.1, 0.15) is 41.2 Å². The first kappa shape index (κ1) is 22.4. The van der Waals surface area contributed by atoms with Crippen LogP contribution in [0, 0.1) is 13.8 Å². The number of carbonyl (C=O) groups is 4. The van der Waals surface area contributed by atoms with Gasteiger partial charge in [0.2, 0.25) is 12.6 Å². The number of amides is 3. The molecule has 0 unspecified atom stereocenters. The lowest BCUT2D eigenvalue weighted by Crippen LogP contribution is -2.41. The number of urea groups is 1. The van der Waals surface area contributed by atoms with E-state index in [9.17, 15) is 19.2 Å². The predicted molar refractivity (Wildman–Crippen MR) is 115 cm³/mol. The van der Waals surface area contributed by atoms with Gasteiger partial charge in [-0.05, 0) is 51.5 Å². The number of aryl methyl sites for hydroxylation is 1. The van der Waals surface area contributed by atoms with Gasteiger partial charge >= 0.3 is 12.0 Å². The number of imide groups is 1. The van der Waals surface area contributed by atoms with Crippen molar-refractivity contribution in [3.8, 4) is 11.5 Å². The van der Waals surface area contributed by atoms with Crippen LogP contribution in [0.15, 0.2) is 24.3 Å². The van der Waals surface area contributed by atoms with Crippen molar-refractivity contribution in [1.29, 1.82) is 0 Å². The van der Waals surface area contributed by atoms with E-state index < -0.39 is 36.6 Å². The molecule has 0 bridgehead atoms. The van der Waals surface area contributed by atoms with Crippen molar-refractivity contribution in [3.63, 3.8) is 0 Å². The Labute approximate surface area is 190 Å². The third-order valence-electron chi connectivity index (χ3n) is 5.75. The van der Waals surface area contributed by atoms with Crippen LogP contribution < -0.4 is 14.8 Å². The van der Waals surface area contributed by atoms with E-state index in [0.29, 0.717) is 23.6 Å². The van der Waals surface area contributed by atoms with Gasteiger partial charge in [-0.2, -0.15) is 0 Å². The van der Waals surface area contributed by atoms with Crippen LogP contribution in [0.5, 0.6) is 11.5 Å². The molecule has 4 rings (SSSR count). The second-order valence-corrected chi connectivity index (χ2v) is 8.59. The highest BCUT2D eigenvalue weighted by molar-refractivity contribution is 6.08. The smallest absolute Gasteiger partial charge is 0.326 e. The van der Waals surface area contributed by atoms with E-state index in [1.807, 2.05) is 36.6 Å². The van der Waals surface area contributed by atoms with Gasteiger partial charge in [-0.1, -0.05) is 6.07 Å².